The first-order valence-electron chi connectivity index (χ1n) is 7.15. The van der Waals surface area contributed by atoms with Gasteiger partial charge in [-0.25, -0.2) is 4.79 Å². The fourth-order valence-electron chi connectivity index (χ4n) is 2.89. The van der Waals surface area contributed by atoms with Crippen molar-refractivity contribution >= 4 is 11.9 Å². The van der Waals surface area contributed by atoms with E-state index in [1.807, 2.05) is 20.8 Å². The summed E-state index contributed by atoms with van der Waals surface area (Å²) in [6, 6.07) is 7.67. The molecule has 1 aliphatic rings. The molecule has 0 aromatic heterocycles. The first-order valence-corrected chi connectivity index (χ1v) is 7.15. The van der Waals surface area contributed by atoms with Gasteiger partial charge in [-0.1, -0.05) is 37.3 Å². The number of carboxylic acids is 1. The number of carbonyl (C=O) groups is 2. The Morgan fingerprint density at radius 1 is 1.14 bits per heavy atom. The van der Waals surface area contributed by atoms with Crippen LogP contribution in [-0.4, -0.2) is 29.2 Å². The highest BCUT2D eigenvalue weighted by Crippen LogP contribution is 2.32. The molecule has 1 aromatic carbocycles. The van der Waals surface area contributed by atoms with E-state index in [9.17, 15) is 14.7 Å². The molecule has 114 valence electrons. The molecule has 0 saturated carbocycles. The molecule has 0 radical (unpaired) electrons. The van der Waals surface area contributed by atoms with Crippen molar-refractivity contribution in [3.05, 3.63) is 35.9 Å². The highest BCUT2D eigenvalue weighted by molar-refractivity contribution is 5.86. The molecule has 1 amide bonds. The number of hydrogen-bond donors (Lipinski definition) is 2. The predicted molar refractivity (Wildman–Crippen MR) is 77.6 cm³/mol. The molecular weight excluding hydrogens is 270 g/mol. The van der Waals surface area contributed by atoms with Gasteiger partial charge in [-0.15, -0.1) is 0 Å². The summed E-state index contributed by atoms with van der Waals surface area (Å²) in [5, 5.41) is 12.0. The van der Waals surface area contributed by atoms with Gasteiger partial charge in [0.1, 0.15) is 0 Å². The topological polar surface area (TPSA) is 75.6 Å². The first-order chi connectivity index (χ1) is 9.91. The van der Waals surface area contributed by atoms with Crippen LogP contribution < -0.4 is 5.32 Å². The Labute approximate surface area is 124 Å². The second-order valence-electron chi connectivity index (χ2n) is 5.62. The van der Waals surface area contributed by atoms with Gasteiger partial charge in [0.2, 0.25) is 5.91 Å². The number of aliphatic carboxylic acids is 1. The maximum atomic E-state index is 12.4. The van der Waals surface area contributed by atoms with Gasteiger partial charge < -0.3 is 15.2 Å². The van der Waals surface area contributed by atoms with E-state index in [0.29, 0.717) is 5.56 Å². The quantitative estimate of drug-likeness (QED) is 0.889. The van der Waals surface area contributed by atoms with Crippen LogP contribution in [-0.2, 0) is 14.3 Å². The normalized spacial score (nSPS) is 29.9. The maximum Gasteiger partial charge on any atom is 0.330 e. The molecule has 1 heterocycles. The zero-order valence-corrected chi connectivity index (χ0v) is 12.4. The largest absolute Gasteiger partial charge is 0.479 e. The van der Waals surface area contributed by atoms with Gasteiger partial charge in [-0.05, 0) is 25.3 Å². The summed E-state index contributed by atoms with van der Waals surface area (Å²) in [6.07, 6.45) is -0.212. The van der Waals surface area contributed by atoms with E-state index in [-0.39, 0.29) is 30.0 Å². The van der Waals surface area contributed by atoms with Gasteiger partial charge in [0.15, 0.2) is 6.04 Å². The number of carbonyl (C=O) groups excluding carboxylic acids is 1. The standard InChI is InChI=1S/C16H21NO4/c1-9-10(2)21-11(3)13(9)15(18)17-14(16(19)20)12-7-5-4-6-8-12/h4-11,13-14H,1-3H3,(H,17,18)(H,19,20)/t9?,10?,11?,13?,14-/m1/s1. The number of carboxylic acid groups (broad SMARTS) is 1. The molecule has 0 bridgehead atoms. The highest BCUT2D eigenvalue weighted by Gasteiger charge is 2.42. The molecule has 5 heteroatoms. The Kier molecular flexibility index (Phi) is 4.63. The molecule has 0 spiro atoms. The van der Waals surface area contributed by atoms with Gasteiger partial charge in [0, 0.05) is 0 Å². The minimum atomic E-state index is -1.07. The molecule has 5 atom stereocenters. The van der Waals surface area contributed by atoms with Crippen LogP contribution in [0.5, 0.6) is 0 Å². The summed E-state index contributed by atoms with van der Waals surface area (Å²) in [4.78, 5) is 23.9. The van der Waals surface area contributed by atoms with Crippen molar-refractivity contribution in [2.45, 2.75) is 39.0 Å². The van der Waals surface area contributed by atoms with Crippen LogP contribution in [0, 0.1) is 11.8 Å². The van der Waals surface area contributed by atoms with Gasteiger partial charge in [-0.3, -0.25) is 4.79 Å². The number of rotatable bonds is 4. The molecule has 1 aromatic rings. The molecule has 5 nitrogen and oxygen atoms in total. The number of hydrogen-bond acceptors (Lipinski definition) is 3. The van der Waals surface area contributed by atoms with Crippen LogP contribution in [0.4, 0.5) is 0 Å². The lowest BCUT2D eigenvalue weighted by atomic mass is 9.88. The minimum Gasteiger partial charge on any atom is -0.479 e. The Bertz CT molecular complexity index is 516. The average Bonchev–Trinajstić information content (AvgIpc) is 2.70. The van der Waals surface area contributed by atoms with Crippen molar-refractivity contribution in [3.63, 3.8) is 0 Å². The molecule has 0 aliphatic carbocycles. The van der Waals surface area contributed by atoms with E-state index in [1.54, 1.807) is 30.3 Å². The van der Waals surface area contributed by atoms with Gasteiger partial charge in [0.25, 0.3) is 0 Å². The van der Waals surface area contributed by atoms with Crippen molar-refractivity contribution in [2.24, 2.45) is 11.8 Å². The summed E-state index contributed by atoms with van der Waals surface area (Å²) in [5.41, 5.74) is 0.561. The minimum absolute atomic E-state index is 0.00393. The van der Waals surface area contributed by atoms with E-state index in [2.05, 4.69) is 5.32 Å². The Hall–Kier alpha value is -1.88. The van der Waals surface area contributed by atoms with Crippen LogP contribution in [0.15, 0.2) is 30.3 Å². The molecule has 1 saturated heterocycles. The second-order valence-corrected chi connectivity index (χ2v) is 5.62. The third-order valence-corrected chi connectivity index (χ3v) is 4.21. The monoisotopic (exact) mass is 291 g/mol. The fraction of sp³-hybridized carbons (Fsp3) is 0.500. The number of nitrogens with one attached hydrogen (secondary N) is 1. The maximum absolute atomic E-state index is 12.4. The van der Waals surface area contributed by atoms with Gasteiger partial charge in [-0.2, -0.15) is 0 Å². The molecule has 4 unspecified atom stereocenters. The SMILES string of the molecule is CC1OC(C)C(C(=O)N[C@@H](C(=O)O)c2ccccc2)C1C. The summed E-state index contributed by atoms with van der Waals surface area (Å²) >= 11 is 0. The van der Waals surface area contributed by atoms with Crippen LogP contribution in [0.2, 0.25) is 0 Å². The second kappa shape index (κ2) is 6.26. The third-order valence-electron chi connectivity index (χ3n) is 4.21. The van der Waals surface area contributed by atoms with E-state index in [1.165, 1.54) is 0 Å². The van der Waals surface area contributed by atoms with Crippen LogP contribution in [0.3, 0.4) is 0 Å². The van der Waals surface area contributed by atoms with E-state index in [4.69, 9.17) is 4.74 Å². The predicted octanol–water partition coefficient (Wildman–Crippen LogP) is 1.99. The number of ether oxygens (including phenoxy) is 1. The summed E-state index contributed by atoms with van der Waals surface area (Å²) in [5.74, 6) is -1.60. The summed E-state index contributed by atoms with van der Waals surface area (Å²) < 4.78 is 5.65. The van der Waals surface area contributed by atoms with E-state index in [0.717, 1.165) is 0 Å². The van der Waals surface area contributed by atoms with Gasteiger partial charge >= 0.3 is 5.97 Å². The average molecular weight is 291 g/mol. The van der Waals surface area contributed by atoms with E-state index < -0.39 is 12.0 Å². The third kappa shape index (κ3) is 3.24. The molecule has 1 aliphatic heterocycles. The van der Waals surface area contributed by atoms with Crippen LogP contribution >= 0.6 is 0 Å². The van der Waals surface area contributed by atoms with Gasteiger partial charge in [0.05, 0.1) is 18.1 Å². The van der Waals surface area contributed by atoms with E-state index >= 15 is 0 Å². The van der Waals surface area contributed by atoms with Crippen molar-refractivity contribution in [3.8, 4) is 0 Å². The Morgan fingerprint density at radius 3 is 2.24 bits per heavy atom. The lowest BCUT2D eigenvalue weighted by Crippen LogP contribution is -2.41. The Balaban J connectivity index is 2.15. The smallest absolute Gasteiger partial charge is 0.330 e. The van der Waals surface area contributed by atoms with Crippen molar-refractivity contribution in [2.75, 3.05) is 0 Å². The van der Waals surface area contributed by atoms with Crippen molar-refractivity contribution in [1.82, 2.24) is 5.32 Å². The fourth-order valence-corrected chi connectivity index (χ4v) is 2.89. The van der Waals surface area contributed by atoms with Crippen LogP contribution in [0.25, 0.3) is 0 Å². The molecular formula is C16H21NO4. The summed E-state index contributed by atoms with van der Waals surface area (Å²) in [7, 11) is 0. The highest BCUT2D eigenvalue weighted by atomic mass is 16.5. The first kappa shape index (κ1) is 15.5. The summed E-state index contributed by atoms with van der Waals surface area (Å²) in [6.45, 7) is 5.74. The van der Waals surface area contributed by atoms with Crippen molar-refractivity contribution in [1.29, 1.82) is 0 Å². The molecule has 21 heavy (non-hydrogen) atoms. The van der Waals surface area contributed by atoms with Crippen LogP contribution in [0.1, 0.15) is 32.4 Å². The molecule has 2 N–H and O–H groups in total. The Morgan fingerprint density at radius 2 is 1.76 bits per heavy atom. The zero-order valence-electron chi connectivity index (χ0n) is 12.4. The number of benzene rings is 1. The molecule has 2 rings (SSSR count). The lowest BCUT2D eigenvalue weighted by molar-refractivity contribution is -0.143. The zero-order chi connectivity index (χ0) is 15.6. The van der Waals surface area contributed by atoms with Crippen molar-refractivity contribution < 1.29 is 19.4 Å². The molecule has 1 fully saturated rings. The number of amides is 1. The lowest BCUT2D eigenvalue weighted by Gasteiger charge is -2.21.